The normalized spacial score (nSPS) is 30.6. The van der Waals surface area contributed by atoms with Crippen molar-refractivity contribution in [3.05, 3.63) is 0 Å². The number of amides is 1. The fourth-order valence-electron chi connectivity index (χ4n) is 2.36. The van der Waals surface area contributed by atoms with Gasteiger partial charge in [-0.05, 0) is 18.3 Å². The molecule has 1 fully saturated rings. The van der Waals surface area contributed by atoms with Crippen molar-refractivity contribution in [2.45, 2.75) is 38.7 Å². The van der Waals surface area contributed by atoms with Crippen LogP contribution in [0, 0.1) is 11.8 Å². The maximum Gasteiger partial charge on any atom is 0.217 e. The third kappa shape index (κ3) is 3.64. The van der Waals surface area contributed by atoms with Crippen LogP contribution in [-0.4, -0.2) is 52.9 Å². The van der Waals surface area contributed by atoms with Gasteiger partial charge in [0.25, 0.3) is 0 Å². The van der Waals surface area contributed by atoms with Crippen molar-refractivity contribution in [1.29, 1.82) is 0 Å². The van der Waals surface area contributed by atoms with Crippen LogP contribution in [-0.2, 0) is 9.53 Å². The Kier molecular flexibility index (Phi) is 5.32. The summed E-state index contributed by atoms with van der Waals surface area (Å²) in [5.74, 6) is -0.102. The van der Waals surface area contributed by atoms with Gasteiger partial charge in [-0.15, -0.1) is 0 Å². The number of carbonyl (C=O) groups excluding carboxylic acids is 1. The van der Waals surface area contributed by atoms with Crippen molar-refractivity contribution < 1.29 is 24.9 Å². The molecule has 100 valence electrons. The van der Waals surface area contributed by atoms with Gasteiger partial charge in [0.1, 0.15) is 6.04 Å². The lowest BCUT2D eigenvalue weighted by atomic mass is 9.86. The molecule has 0 radical (unpaired) electrons. The minimum Gasteiger partial charge on any atom is -0.396 e. The number of carbonyl (C=O) groups is 1. The van der Waals surface area contributed by atoms with Crippen molar-refractivity contribution in [1.82, 2.24) is 5.32 Å². The minimum absolute atomic E-state index is 0.0126. The van der Waals surface area contributed by atoms with E-state index in [0.29, 0.717) is 13.0 Å². The van der Waals surface area contributed by atoms with Gasteiger partial charge in [0.05, 0.1) is 6.10 Å². The molecule has 1 heterocycles. The van der Waals surface area contributed by atoms with Crippen LogP contribution in [0.1, 0.15) is 20.3 Å². The quantitative estimate of drug-likeness (QED) is 0.459. The van der Waals surface area contributed by atoms with Gasteiger partial charge in [-0.3, -0.25) is 4.79 Å². The highest BCUT2D eigenvalue weighted by molar-refractivity contribution is 5.73. The van der Waals surface area contributed by atoms with Crippen LogP contribution in [0.15, 0.2) is 0 Å². The molecule has 1 aliphatic rings. The first-order valence-electron chi connectivity index (χ1n) is 5.83. The van der Waals surface area contributed by atoms with Crippen molar-refractivity contribution in [2.75, 3.05) is 13.2 Å². The van der Waals surface area contributed by atoms with E-state index in [2.05, 4.69) is 5.32 Å². The van der Waals surface area contributed by atoms with Crippen LogP contribution in [0.2, 0.25) is 0 Å². The van der Waals surface area contributed by atoms with E-state index in [1.807, 2.05) is 6.92 Å². The SMILES string of the molecule is CC(=O)NC(C(O)O)C1OCC(C)C1CCO. The molecule has 0 aliphatic carbocycles. The van der Waals surface area contributed by atoms with E-state index in [4.69, 9.17) is 9.84 Å². The Labute approximate surface area is 101 Å². The van der Waals surface area contributed by atoms with E-state index in [9.17, 15) is 15.0 Å². The second kappa shape index (κ2) is 6.30. The molecule has 4 atom stereocenters. The molecule has 6 nitrogen and oxygen atoms in total. The zero-order chi connectivity index (χ0) is 13.0. The Morgan fingerprint density at radius 2 is 2.18 bits per heavy atom. The molecule has 4 unspecified atom stereocenters. The molecule has 1 amide bonds. The van der Waals surface area contributed by atoms with Crippen molar-refractivity contribution in [3.8, 4) is 0 Å². The van der Waals surface area contributed by atoms with Crippen LogP contribution in [0.25, 0.3) is 0 Å². The summed E-state index contributed by atoms with van der Waals surface area (Å²) < 4.78 is 5.51. The molecule has 17 heavy (non-hydrogen) atoms. The van der Waals surface area contributed by atoms with Gasteiger partial charge in [-0.25, -0.2) is 0 Å². The number of rotatable bonds is 5. The second-order valence-electron chi connectivity index (χ2n) is 4.59. The van der Waals surface area contributed by atoms with Crippen LogP contribution in [0.3, 0.4) is 0 Å². The number of aliphatic hydroxyl groups is 3. The van der Waals surface area contributed by atoms with E-state index in [-0.39, 0.29) is 24.3 Å². The van der Waals surface area contributed by atoms with Gasteiger partial charge < -0.3 is 25.4 Å². The predicted octanol–water partition coefficient (Wildman–Crippen LogP) is -1.16. The van der Waals surface area contributed by atoms with Gasteiger partial charge in [-0.1, -0.05) is 6.92 Å². The molecular weight excluding hydrogens is 226 g/mol. The number of ether oxygens (including phenoxy) is 1. The lowest BCUT2D eigenvalue weighted by Gasteiger charge is -2.30. The van der Waals surface area contributed by atoms with E-state index in [1.54, 1.807) is 0 Å². The van der Waals surface area contributed by atoms with Crippen LogP contribution >= 0.6 is 0 Å². The molecule has 0 aromatic heterocycles. The van der Waals surface area contributed by atoms with Crippen molar-refractivity contribution >= 4 is 5.91 Å². The fraction of sp³-hybridized carbons (Fsp3) is 0.909. The van der Waals surface area contributed by atoms with E-state index in [0.717, 1.165) is 0 Å². The van der Waals surface area contributed by atoms with Crippen LogP contribution < -0.4 is 5.32 Å². The third-order valence-electron chi connectivity index (χ3n) is 3.21. The van der Waals surface area contributed by atoms with Gasteiger partial charge in [-0.2, -0.15) is 0 Å². The first kappa shape index (κ1) is 14.4. The first-order valence-corrected chi connectivity index (χ1v) is 5.83. The Bertz CT molecular complexity index is 258. The molecule has 1 aliphatic heterocycles. The summed E-state index contributed by atoms with van der Waals surface area (Å²) in [6.45, 7) is 3.81. The first-order chi connectivity index (χ1) is 7.97. The van der Waals surface area contributed by atoms with Crippen LogP contribution in [0.5, 0.6) is 0 Å². The highest BCUT2D eigenvalue weighted by Crippen LogP contribution is 2.32. The number of aliphatic hydroxyl groups excluding tert-OH is 2. The summed E-state index contributed by atoms with van der Waals surface area (Å²) in [5, 5.41) is 30.1. The molecule has 0 aromatic rings. The van der Waals surface area contributed by atoms with E-state index < -0.39 is 18.4 Å². The summed E-state index contributed by atoms with van der Waals surface area (Å²) >= 11 is 0. The highest BCUT2D eigenvalue weighted by Gasteiger charge is 2.41. The lowest BCUT2D eigenvalue weighted by molar-refractivity contribution is -0.133. The van der Waals surface area contributed by atoms with Gasteiger partial charge in [0.2, 0.25) is 5.91 Å². The van der Waals surface area contributed by atoms with E-state index in [1.165, 1.54) is 6.92 Å². The van der Waals surface area contributed by atoms with Gasteiger partial charge >= 0.3 is 0 Å². The Morgan fingerprint density at radius 3 is 2.65 bits per heavy atom. The standard InChI is InChI=1S/C11H21NO5/c1-6-5-17-10(8(6)3-4-13)9(11(15)16)12-7(2)14/h6,8-11,13,15-16H,3-5H2,1-2H3,(H,12,14). The predicted molar refractivity (Wildman–Crippen MR) is 59.9 cm³/mol. The van der Waals surface area contributed by atoms with Gasteiger partial charge in [0, 0.05) is 20.1 Å². The molecular formula is C11H21NO5. The smallest absolute Gasteiger partial charge is 0.217 e. The van der Waals surface area contributed by atoms with Gasteiger partial charge in [0.15, 0.2) is 6.29 Å². The largest absolute Gasteiger partial charge is 0.396 e. The summed E-state index contributed by atoms with van der Waals surface area (Å²) in [6, 6.07) is -0.853. The molecule has 1 saturated heterocycles. The highest BCUT2D eigenvalue weighted by atomic mass is 16.5. The zero-order valence-corrected chi connectivity index (χ0v) is 10.2. The summed E-state index contributed by atoms with van der Waals surface area (Å²) in [5.41, 5.74) is 0. The maximum absolute atomic E-state index is 11.0. The summed E-state index contributed by atoms with van der Waals surface area (Å²) in [4.78, 5) is 11.0. The third-order valence-corrected chi connectivity index (χ3v) is 3.21. The minimum atomic E-state index is -1.67. The Morgan fingerprint density at radius 1 is 1.53 bits per heavy atom. The average molecular weight is 247 g/mol. The lowest BCUT2D eigenvalue weighted by Crippen LogP contribution is -2.52. The Balaban J connectivity index is 2.74. The van der Waals surface area contributed by atoms with Crippen LogP contribution in [0.4, 0.5) is 0 Å². The number of hydrogen-bond donors (Lipinski definition) is 4. The zero-order valence-electron chi connectivity index (χ0n) is 10.2. The molecule has 0 saturated carbocycles. The number of hydrogen-bond acceptors (Lipinski definition) is 5. The maximum atomic E-state index is 11.0. The molecule has 1 rings (SSSR count). The molecule has 0 bridgehead atoms. The fourth-order valence-corrected chi connectivity index (χ4v) is 2.36. The topological polar surface area (TPSA) is 99.0 Å². The summed E-state index contributed by atoms with van der Waals surface area (Å²) in [6.07, 6.45) is -1.62. The Hall–Kier alpha value is -0.690. The molecule has 6 heteroatoms. The van der Waals surface area contributed by atoms with E-state index >= 15 is 0 Å². The second-order valence-corrected chi connectivity index (χ2v) is 4.59. The molecule has 0 aromatic carbocycles. The average Bonchev–Trinajstić information content (AvgIpc) is 2.57. The molecule has 4 N–H and O–H groups in total. The van der Waals surface area contributed by atoms with Crippen molar-refractivity contribution in [2.24, 2.45) is 11.8 Å². The molecule has 0 spiro atoms. The monoisotopic (exact) mass is 247 g/mol. The number of nitrogens with one attached hydrogen (secondary N) is 1. The van der Waals surface area contributed by atoms with Crippen molar-refractivity contribution in [3.63, 3.8) is 0 Å². The summed E-state index contributed by atoms with van der Waals surface area (Å²) in [7, 11) is 0.